The predicted molar refractivity (Wildman–Crippen MR) is 83.7 cm³/mol. The van der Waals surface area contributed by atoms with Crippen LogP contribution in [-0.4, -0.2) is 29.0 Å². The number of rotatable bonds is 5. The van der Waals surface area contributed by atoms with Crippen LogP contribution in [-0.2, 0) is 11.2 Å². The Kier molecular flexibility index (Phi) is 4.05. The van der Waals surface area contributed by atoms with Crippen molar-refractivity contribution in [1.29, 1.82) is 0 Å². The maximum absolute atomic E-state index is 11.4. The van der Waals surface area contributed by atoms with Gasteiger partial charge in [-0.1, -0.05) is 6.07 Å². The Morgan fingerprint density at radius 2 is 2.26 bits per heavy atom. The Morgan fingerprint density at radius 3 is 3.00 bits per heavy atom. The van der Waals surface area contributed by atoms with Crippen molar-refractivity contribution in [1.82, 2.24) is 4.98 Å². The molecule has 1 amide bonds. The molecule has 0 unspecified atom stereocenters. The molecule has 8 heteroatoms. The number of ether oxygens (including phenoxy) is 1. The molecule has 0 aliphatic carbocycles. The number of hydrogen-bond donors (Lipinski definition) is 2. The smallest absolute Gasteiger partial charge is 0.296 e. The molecule has 2 heterocycles. The SMILES string of the molecule is O=C1COc2cc([N+](=O)[O-])c(NCCc3ccccn3)cc2N1. The highest BCUT2D eigenvalue weighted by molar-refractivity contribution is 5.96. The van der Waals surface area contributed by atoms with E-state index in [0.717, 1.165) is 5.69 Å². The van der Waals surface area contributed by atoms with E-state index in [9.17, 15) is 14.9 Å². The second-order valence-corrected chi connectivity index (χ2v) is 4.96. The van der Waals surface area contributed by atoms with Gasteiger partial charge >= 0.3 is 0 Å². The number of nitro groups is 1. The lowest BCUT2D eigenvalue weighted by Crippen LogP contribution is -2.25. The molecule has 1 aliphatic heterocycles. The van der Waals surface area contributed by atoms with Crippen LogP contribution in [0.4, 0.5) is 17.1 Å². The molecule has 1 aromatic heterocycles. The van der Waals surface area contributed by atoms with Crippen LogP contribution in [0.5, 0.6) is 5.75 Å². The number of anilines is 2. The average Bonchev–Trinajstić information content (AvgIpc) is 2.55. The fourth-order valence-electron chi connectivity index (χ4n) is 2.28. The van der Waals surface area contributed by atoms with Crippen molar-refractivity contribution >= 4 is 23.0 Å². The van der Waals surface area contributed by atoms with Crippen LogP contribution in [0.15, 0.2) is 36.5 Å². The minimum atomic E-state index is -0.483. The molecule has 3 rings (SSSR count). The van der Waals surface area contributed by atoms with E-state index in [4.69, 9.17) is 4.74 Å². The van der Waals surface area contributed by atoms with E-state index in [2.05, 4.69) is 15.6 Å². The van der Waals surface area contributed by atoms with Crippen LogP contribution in [0.2, 0.25) is 0 Å². The van der Waals surface area contributed by atoms with Gasteiger partial charge < -0.3 is 15.4 Å². The van der Waals surface area contributed by atoms with Crippen molar-refractivity contribution in [3.8, 4) is 5.75 Å². The van der Waals surface area contributed by atoms with Gasteiger partial charge in [-0.25, -0.2) is 0 Å². The Bertz CT molecular complexity index is 749. The van der Waals surface area contributed by atoms with E-state index >= 15 is 0 Å². The molecule has 8 nitrogen and oxygen atoms in total. The summed E-state index contributed by atoms with van der Waals surface area (Å²) in [7, 11) is 0. The number of nitrogens with zero attached hydrogens (tertiary/aromatic N) is 2. The zero-order chi connectivity index (χ0) is 16.2. The summed E-state index contributed by atoms with van der Waals surface area (Å²) in [6.07, 6.45) is 2.32. The lowest BCUT2D eigenvalue weighted by atomic mass is 10.2. The molecule has 0 radical (unpaired) electrons. The minimum absolute atomic E-state index is 0.0964. The van der Waals surface area contributed by atoms with Crippen molar-refractivity contribution in [2.24, 2.45) is 0 Å². The van der Waals surface area contributed by atoms with Gasteiger partial charge in [0.25, 0.3) is 11.6 Å². The van der Waals surface area contributed by atoms with Gasteiger partial charge in [-0.3, -0.25) is 19.9 Å². The van der Waals surface area contributed by atoms with E-state index in [0.29, 0.717) is 30.1 Å². The molecule has 2 N–H and O–H groups in total. The number of fused-ring (bicyclic) bond motifs is 1. The third kappa shape index (κ3) is 3.37. The predicted octanol–water partition coefficient (Wildman–Crippen LogP) is 1.98. The summed E-state index contributed by atoms with van der Waals surface area (Å²) in [5, 5.41) is 16.9. The molecule has 0 fully saturated rings. The fourth-order valence-corrected chi connectivity index (χ4v) is 2.28. The molecule has 1 aliphatic rings. The summed E-state index contributed by atoms with van der Waals surface area (Å²) in [6.45, 7) is 0.335. The molecule has 0 bridgehead atoms. The number of carbonyl (C=O) groups excluding carboxylic acids is 1. The number of carbonyl (C=O) groups is 1. The first-order valence-corrected chi connectivity index (χ1v) is 7.02. The Balaban J connectivity index is 1.78. The summed E-state index contributed by atoms with van der Waals surface area (Å²) >= 11 is 0. The summed E-state index contributed by atoms with van der Waals surface area (Å²) in [5.74, 6) is 0.0114. The third-order valence-corrected chi connectivity index (χ3v) is 3.35. The zero-order valence-corrected chi connectivity index (χ0v) is 12.1. The summed E-state index contributed by atoms with van der Waals surface area (Å²) < 4.78 is 5.20. The van der Waals surface area contributed by atoms with Gasteiger partial charge in [-0.15, -0.1) is 0 Å². The molecule has 2 aromatic rings. The van der Waals surface area contributed by atoms with Crippen LogP contribution in [0.3, 0.4) is 0 Å². The maximum Gasteiger partial charge on any atom is 0.296 e. The second kappa shape index (κ2) is 6.30. The highest BCUT2D eigenvalue weighted by atomic mass is 16.6. The van der Waals surface area contributed by atoms with Gasteiger partial charge in [0.2, 0.25) is 0 Å². The van der Waals surface area contributed by atoms with Crippen molar-refractivity contribution < 1.29 is 14.5 Å². The van der Waals surface area contributed by atoms with Crippen LogP contribution in [0.25, 0.3) is 0 Å². The van der Waals surface area contributed by atoms with Gasteiger partial charge in [-0.2, -0.15) is 0 Å². The van der Waals surface area contributed by atoms with E-state index < -0.39 is 4.92 Å². The summed E-state index contributed by atoms with van der Waals surface area (Å²) in [5.41, 5.74) is 1.54. The van der Waals surface area contributed by atoms with Crippen LogP contribution < -0.4 is 15.4 Å². The largest absolute Gasteiger partial charge is 0.481 e. The molecular weight excluding hydrogens is 300 g/mol. The molecule has 1 aromatic carbocycles. The first-order chi connectivity index (χ1) is 11.1. The Morgan fingerprint density at radius 1 is 1.39 bits per heavy atom. The summed E-state index contributed by atoms with van der Waals surface area (Å²) in [6, 6.07) is 8.43. The molecule has 0 saturated carbocycles. The van der Waals surface area contributed by atoms with Gasteiger partial charge in [0.1, 0.15) is 5.69 Å². The number of aromatic nitrogens is 1. The number of benzene rings is 1. The van der Waals surface area contributed by atoms with E-state index in [-0.39, 0.29) is 18.2 Å². The third-order valence-electron chi connectivity index (χ3n) is 3.35. The average molecular weight is 314 g/mol. The normalized spacial score (nSPS) is 12.8. The highest BCUT2D eigenvalue weighted by Crippen LogP contribution is 2.37. The maximum atomic E-state index is 11.4. The first-order valence-electron chi connectivity index (χ1n) is 7.02. The van der Waals surface area contributed by atoms with Crippen molar-refractivity contribution in [3.05, 3.63) is 52.3 Å². The van der Waals surface area contributed by atoms with Crippen molar-refractivity contribution in [3.63, 3.8) is 0 Å². The number of nitrogens with one attached hydrogen (secondary N) is 2. The minimum Gasteiger partial charge on any atom is -0.481 e. The molecule has 0 saturated heterocycles. The quantitative estimate of drug-likeness (QED) is 0.645. The molecule has 118 valence electrons. The van der Waals surface area contributed by atoms with Crippen LogP contribution in [0.1, 0.15) is 5.69 Å². The second-order valence-electron chi connectivity index (χ2n) is 4.96. The topological polar surface area (TPSA) is 106 Å². The van der Waals surface area contributed by atoms with Crippen LogP contribution >= 0.6 is 0 Å². The first kappa shape index (κ1) is 14.8. The van der Waals surface area contributed by atoms with Crippen LogP contribution in [0, 0.1) is 10.1 Å². The Hall–Kier alpha value is -3.16. The lowest BCUT2D eigenvalue weighted by Gasteiger charge is -2.19. The molecular formula is C15H14N4O4. The highest BCUT2D eigenvalue weighted by Gasteiger charge is 2.23. The lowest BCUT2D eigenvalue weighted by molar-refractivity contribution is -0.384. The van der Waals surface area contributed by atoms with E-state index in [1.807, 2.05) is 18.2 Å². The molecule has 0 spiro atoms. The fraction of sp³-hybridized carbons (Fsp3) is 0.200. The van der Waals surface area contributed by atoms with Gasteiger partial charge in [0.05, 0.1) is 16.7 Å². The van der Waals surface area contributed by atoms with Crippen molar-refractivity contribution in [2.75, 3.05) is 23.8 Å². The van der Waals surface area contributed by atoms with Gasteiger partial charge in [0, 0.05) is 24.9 Å². The number of amides is 1. The zero-order valence-electron chi connectivity index (χ0n) is 12.1. The monoisotopic (exact) mass is 314 g/mol. The van der Waals surface area contributed by atoms with Gasteiger partial charge in [-0.05, 0) is 18.2 Å². The number of nitro benzene ring substituents is 1. The van der Waals surface area contributed by atoms with E-state index in [1.165, 1.54) is 12.1 Å². The number of pyridine rings is 1. The Labute approximate surface area is 131 Å². The standard InChI is InChI=1S/C15H14N4O4/c20-15-9-23-14-8-13(19(21)22)11(7-12(14)18-15)17-6-4-10-3-1-2-5-16-10/h1-3,5,7-8,17H,4,6,9H2,(H,18,20). The van der Waals surface area contributed by atoms with Gasteiger partial charge in [0.15, 0.2) is 12.4 Å². The van der Waals surface area contributed by atoms with Crippen molar-refractivity contribution in [2.45, 2.75) is 6.42 Å². The molecule has 0 atom stereocenters. The number of hydrogen-bond acceptors (Lipinski definition) is 6. The summed E-state index contributed by atoms with van der Waals surface area (Å²) in [4.78, 5) is 26.3. The molecule has 23 heavy (non-hydrogen) atoms. The van der Waals surface area contributed by atoms with E-state index in [1.54, 1.807) is 6.20 Å².